The fourth-order valence-electron chi connectivity index (χ4n) is 3.59. The number of rotatable bonds is 3. The molecular weight excluding hydrogens is 330 g/mol. The summed E-state index contributed by atoms with van der Waals surface area (Å²) in [5.41, 5.74) is 2.83. The highest BCUT2D eigenvalue weighted by molar-refractivity contribution is 5.77. The summed E-state index contributed by atoms with van der Waals surface area (Å²) in [4.78, 5) is 10.4. The number of benzene rings is 1. The Hall–Kier alpha value is -3.16. The fraction of sp³-hybridized carbons (Fsp3) is 0.333. The van der Waals surface area contributed by atoms with Crippen LogP contribution in [0.1, 0.15) is 24.6 Å². The number of aromatic amines is 1. The molecule has 0 aliphatic carbocycles. The van der Waals surface area contributed by atoms with Crippen molar-refractivity contribution in [2.24, 2.45) is 0 Å². The van der Waals surface area contributed by atoms with Crippen molar-refractivity contribution in [1.29, 1.82) is 0 Å². The molecule has 8 nitrogen and oxygen atoms in total. The molecule has 0 saturated carbocycles. The van der Waals surface area contributed by atoms with E-state index in [-0.39, 0.29) is 0 Å². The third kappa shape index (κ3) is 2.45. The molecule has 26 heavy (non-hydrogen) atoms. The lowest BCUT2D eigenvalue weighted by molar-refractivity contribution is 0.386. The maximum atomic E-state index is 5.23. The molecule has 5 rings (SSSR count). The van der Waals surface area contributed by atoms with Crippen LogP contribution in [-0.4, -0.2) is 50.0 Å². The second-order valence-corrected chi connectivity index (χ2v) is 6.54. The van der Waals surface area contributed by atoms with Crippen molar-refractivity contribution in [3.05, 3.63) is 42.2 Å². The van der Waals surface area contributed by atoms with E-state index in [1.54, 1.807) is 17.7 Å². The minimum Gasteiger partial charge on any atom is -0.480 e. The van der Waals surface area contributed by atoms with Crippen molar-refractivity contribution in [3.8, 4) is 5.88 Å². The number of imidazole rings is 1. The van der Waals surface area contributed by atoms with Gasteiger partial charge in [-0.25, -0.2) is 4.98 Å². The minimum absolute atomic E-state index is 0.324. The van der Waals surface area contributed by atoms with E-state index in [1.165, 1.54) is 0 Å². The van der Waals surface area contributed by atoms with Gasteiger partial charge in [0.1, 0.15) is 0 Å². The highest BCUT2D eigenvalue weighted by atomic mass is 16.5. The van der Waals surface area contributed by atoms with Crippen molar-refractivity contribution < 1.29 is 4.74 Å². The number of para-hydroxylation sites is 2. The van der Waals surface area contributed by atoms with Gasteiger partial charge in [-0.2, -0.15) is 4.52 Å². The molecule has 1 N–H and O–H groups in total. The summed E-state index contributed by atoms with van der Waals surface area (Å²) in [7, 11) is 1.62. The number of methoxy groups -OCH3 is 1. The average molecular weight is 349 g/mol. The van der Waals surface area contributed by atoms with E-state index >= 15 is 0 Å². The molecule has 1 fully saturated rings. The molecule has 0 unspecified atom stereocenters. The van der Waals surface area contributed by atoms with Crippen LogP contribution < -0.4 is 9.64 Å². The molecule has 1 aromatic carbocycles. The first-order chi connectivity index (χ1) is 12.8. The van der Waals surface area contributed by atoms with Crippen LogP contribution in [0.3, 0.4) is 0 Å². The SMILES string of the molecule is COc1ccc2nnc(C3CCN(c4nc5ccccc5[nH]4)CC3)n2n1. The second-order valence-electron chi connectivity index (χ2n) is 6.54. The lowest BCUT2D eigenvalue weighted by Crippen LogP contribution is -2.34. The van der Waals surface area contributed by atoms with E-state index in [9.17, 15) is 0 Å². The van der Waals surface area contributed by atoms with Crippen molar-refractivity contribution >= 4 is 22.6 Å². The van der Waals surface area contributed by atoms with Crippen LogP contribution in [-0.2, 0) is 0 Å². The van der Waals surface area contributed by atoms with Gasteiger partial charge in [0.25, 0.3) is 0 Å². The van der Waals surface area contributed by atoms with Crippen molar-refractivity contribution in [2.45, 2.75) is 18.8 Å². The van der Waals surface area contributed by atoms with Crippen LogP contribution in [0, 0.1) is 0 Å². The van der Waals surface area contributed by atoms with E-state index in [0.29, 0.717) is 11.8 Å². The average Bonchev–Trinajstić information content (AvgIpc) is 3.31. The van der Waals surface area contributed by atoms with Gasteiger partial charge >= 0.3 is 0 Å². The number of piperidine rings is 1. The number of hydrogen-bond acceptors (Lipinski definition) is 6. The zero-order valence-electron chi connectivity index (χ0n) is 14.5. The van der Waals surface area contributed by atoms with E-state index < -0.39 is 0 Å². The Labute approximate surface area is 149 Å². The summed E-state index contributed by atoms with van der Waals surface area (Å²) in [6, 6.07) is 11.8. The molecule has 132 valence electrons. The van der Waals surface area contributed by atoms with Crippen molar-refractivity contribution in [2.75, 3.05) is 25.1 Å². The predicted molar refractivity (Wildman–Crippen MR) is 97.6 cm³/mol. The second kappa shape index (κ2) is 5.98. The number of anilines is 1. The van der Waals surface area contributed by atoms with Gasteiger partial charge in [0.15, 0.2) is 11.5 Å². The first-order valence-corrected chi connectivity index (χ1v) is 8.78. The zero-order chi connectivity index (χ0) is 17.5. The van der Waals surface area contributed by atoms with Gasteiger partial charge in [-0.05, 0) is 31.0 Å². The lowest BCUT2D eigenvalue weighted by Gasteiger charge is -2.30. The maximum Gasteiger partial charge on any atom is 0.231 e. The van der Waals surface area contributed by atoms with Crippen molar-refractivity contribution in [3.63, 3.8) is 0 Å². The molecule has 0 spiro atoms. The molecule has 1 saturated heterocycles. The number of H-pyrrole nitrogens is 1. The van der Waals surface area contributed by atoms with Crippen LogP contribution in [0.15, 0.2) is 36.4 Å². The van der Waals surface area contributed by atoms with Crippen LogP contribution in [0.4, 0.5) is 5.95 Å². The Kier molecular flexibility index (Phi) is 3.48. The Morgan fingerprint density at radius 2 is 1.92 bits per heavy atom. The Morgan fingerprint density at radius 3 is 2.73 bits per heavy atom. The molecule has 0 atom stereocenters. The van der Waals surface area contributed by atoms with Gasteiger partial charge in [0, 0.05) is 25.1 Å². The normalized spacial score (nSPS) is 15.8. The van der Waals surface area contributed by atoms with E-state index in [0.717, 1.165) is 54.4 Å². The van der Waals surface area contributed by atoms with Gasteiger partial charge in [0.05, 0.1) is 18.1 Å². The molecule has 0 bridgehead atoms. The Morgan fingerprint density at radius 1 is 1.08 bits per heavy atom. The molecule has 3 aromatic heterocycles. The van der Waals surface area contributed by atoms with E-state index in [2.05, 4.69) is 31.2 Å². The lowest BCUT2D eigenvalue weighted by atomic mass is 9.96. The first-order valence-electron chi connectivity index (χ1n) is 8.78. The molecule has 4 aromatic rings. The topological polar surface area (TPSA) is 84.2 Å². The Balaban J connectivity index is 1.37. The summed E-state index contributed by atoms with van der Waals surface area (Å²) in [6.07, 6.45) is 1.97. The number of ether oxygens (including phenoxy) is 1. The number of nitrogens with zero attached hydrogens (tertiary/aromatic N) is 6. The third-order valence-electron chi connectivity index (χ3n) is 5.01. The molecular formula is C18H19N7O. The number of aromatic nitrogens is 6. The highest BCUT2D eigenvalue weighted by Gasteiger charge is 2.26. The van der Waals surface area contributed by atoms with Gasteiger partial charge < -0.3 is 14.6 Å². The van der Waals surface area contributed by atoms with E-state index in [4.69, 9.17) is 9.72 Å². The van der Waals surface area contributed by atoms with Gasteiger partial charge in [-0.1, -0.05) is 12.1 Å². The quantitative estimate of drug-likeness (QED) is 0.611. The first kappa shape index (κ1) is 15.1. The predicted octanol–water partition coefficient (Wildman–Crippen LogP) is 2.39. The van der Waals surface area contributed by atoms with Gasteiger partial charge in [0.2, 0.25) is 11.8 Å². The van der Waals surface area contributed by atoms with Crippen LogP contribution in [0.25, 0.3) is 16.7 Å². The molecule has 8 heteroatoms. The zero-order valence-corrected chi connectivity index (χ0v) is 14.5. The number of fused-ring (bicyclic) bond motifs is 2. The van der Waals surface area contributed by atoms with Crippen LogP contribution >= 0.6 is 0 Å². The number of nitrogens with one attached hydrogen (secondary N) is 1. The third-order valence-corrected chi connectivity index (χ3v) is 5.01. The molecule has 0 radical (unpaired) electrons. The fourth-order valence-corrected chi connectivity index (χ4v) is 3.59. The Bertz CT molecular complexity index is 1030. The summed E-state index contributed by atoms with van der Waals surface area (Å²) < 4.78 is 7.04. The summed E-state index contributed by atoms with van der Waals surface area (Å²) >= 11 is 0. The molecule has 1 aliphatic heterocycles. The van der Waals surface area contributed by atoms with Crippen LogP contribution in [0.2, 0.25) is 0 Å². The summed E-state index contributed by atoms with van der Waals surface area (Å²) in [5.74, 6) is 2.74. The standard InChI is InChI=1S/C18H19N7O/c1-26-16-7-6-15-21-22-17(25(15)23-16)12-8-10-24(11-9-12)18-19-13-4-2-3-5-14(13)20-18/h2-7,12H,8-11H2,1H3,(H,19,20). The molecule has 0 amide bonds. The van der Waals surface area contributed by atoms with Gasteiger partial charge in [-0.3, -0.25) is 0 Å². The largest absolute Gasteiger partial charge is 0.480 e. The summed E-state index contributed by atoms with van der Waals surface area (Å²) in [6.45, 7) is 1.84. The van der Waals surface area contributed by atoms with E-state index in [1.807, 2.05) is 24.3 Å². The molecule has 1 aliphatic rings. The smallest absolute Gasteiger partial charge is 0.231 e. The highest BCUT2D eigenvalue weighted by Crippen LogP contribution is 2.29. The maximum absolute atomic E-state index is 5.23. The monoisotopic (exact) mass is 349 g/mol. The number of hydrogen-bond donors (Lipinski definition) is 1. The molecule has 4 heterocycles. The van der Waals surface area contributed by atoms with Crippen molar-refractivity contribution in [1.82, 2.24) is 29.8 Å². The van der Waals surface area contributed by atoms with Gasteiger partial charge in [-0.15, -0.1) is 15.3 Å². The van der Waals surface area contributed by atoms with Crippen LogP contribution in [0.5, 0.6) is 5.88 Å². The summed E-state index contributed by atoms with van der Waals surface area (Å²) in [5, 5.41) is 13.1. The minimum atomic E-state index is 0.324.